The summed E-state index contributed by atoms with van der Waals surface area (Å²) in [4.78, 5) is 0. The lowest BCUT2D eigenvalue weighted by Gasteiger charge is -2.37. The third-order valence-corrected chi connectivity index (χ3v) is 4.37. The minimum absolute atomic E-state index is 0.204. The smallest absolute Gasteiger partial charge is 0.190 e. The largest absolute Gasteiger partial charge is 0.379 e. The Morgan fingerprint density at radius 2 is 1.48 bits per heavy atom. The van der Waals surface area contributed by atoms with Crippen molar-refractivity contribution in [1.29, 1.82) is 0 Å². The van der Waals surface area contributed by atoms with Gasteiger partial charge >= 0.3 is 0 Å². The van der Waals surface area contributed by atoms with Crippen LogP contribution in [0.2, 0.25) is 0 Å². The van der Waals surface area contributed by atoms with Crippen LogP contribution in [0.1, 0.15) is 48.0 Å². The van der Waals surface area contributed by atoms with Gasteiger partial charge < -0.3 is 28.4 Å². The average Bonchev–Trinajstić information content (AvgIpc) is 2.88. The van der Waals surface area contributed by atoms with E-state index in [0.717, 1.165) is 13.0 Å². The van der Waals surface area contributed by atoms with E-state index in [0.29, 0.717) is 12.5 Å². The Labute approximate surface area is 138 Å². The van der Waals surface area contributed by atoms with Crippen molar-refractivity contribution in [2.75, 3.05) is 13.2 Å². The molecule has 3 aliphatic heterocycles. The Morgan fingerprint density at radius 3 is 2.17 bits per heavy atom. The van der Waals surface area contributed by atoms with E-state index >= 15 is 0 Å². The second kappa shape index (κ2) is 6.24. The third kappa shape index (κ3) is 3.89. The first kappa shape index (κ1) is 17.6. The Hall–Kier alpha value is -0.240. The molecule has 5 atom stereocenters. The number of rotatable bonds is 5. The average molecular weight is 330 g/mol. The zero-order chi connectivity index (χ0) is 16.8. The number of fused-ring (bicyclic) bond motifs is 3. The highest BCUT2D eigenvalue weighted by atomic mass is 16.9. The van der Waals surface area contributed by atoms with Gasteiger partial charge in [-0.15, -0.1) is 0 Å². The molecule has 0 N–H and O–H groups in total. The lowest BCUT2D eigenvalue weighted by atomic mass is 9.99. The van der Waals surface area contributed by atoms with Crippen LogP contribution in [0.4, 0.5) is 0 Å². The highest BCUT2D eigenvalue weighted by Crippen LogP contribution is 2.44. The molecule has 3 fully saturated rings. The predicted molar refractivity (Wildman–Crippen MR) is 82.8 cm³/mol. The van der Waals surface area contributed by atoms with Crippen molar-refractivity contribution in [3.8, 4) is 0 Å². The van der Waals surface area contributed by atoms with Crippen molar-refractivity contribution in [3.05, 3.63) is 0 Å². The molecule has 6 heteroatoms. The Bertz CT molecular complexity index is 421. The lowest BCUT2D eigenvalue weighted by molar-refractivity contribution is -0.243. The molecule has 3 heterocycles. The van der Waals surface area contributed by atoms with Gasteiger partial charge in [-0.3, -0.25) is 0 Å². The van der Waals surface area contributed by atoms with Crippen LogP contribution in [0.3, 0.4) is 0 Å². The quantitative estimate of drug-likeness (QED) is 0.722. The first-order valence-corrected chi connectivity index (χ1v) is 8.61. The van der Waals surface area contributed by atoms with E-state index in [1.54, 1.807) is 0 Å². The van der Waals surface area contributed by atoms with E-state index < -0.39 is 17.9 Å². The molecular weight excluding hydrogens is 300 g/mol. The standard InChI is InChI=1S/C17H30O6/c1-10(2)7-8-18-9-11-12-13(21-16(3,4)20-12)14-15(19-11)23-17(5,6)22-14/h10-15H,7-9H2,1-6H3/t11-,12+,13+,14+,15+/m0/s1. The van der Waals surface area contributed by atoms with Crippen molar-refractivity contribution in [3.63, 3.8) is 0 Å². The second-order valence-corrected chi connectivity index (χ2v) is 7.97. The van der Waals surface area contributed by atoms with Crippen LogP contribution < -0.4 is 0 Å². The topological polar surface area (TPSA) is 55.4 Å². The summed E-state index contributed by atoms with van der Waals surface area (Å²) in [6, 6.07) is 0. The van der Waals surface area contributed by atoms with Crippen LogP contribution in [-0.2, 0) is 28.4 Å². The van der Waals surface area contributed by atoms with E-state index in [2.05, 4.69) is 13.8 Å². The summed E-state index contributed by atoms with van der Waals surface area (Å²) in [7, 11) is 0. The summed E-state index contributed by atoms with van der Waals surface area (Å²) < 4.78 is 35.9. The van der Waals surface area contributed by atoms with Gasteiger partial charge in [-0.2, -0.15) is 0 Å². The molecule has 3 aliphatic rings. The second-order valence-electron chi connectivity index (χ2n) is 7.97. The fourth-order valence-corrected chi connectivity index (χ4v) is 3.35. The first-order chi connectivity index (χ1) is 10.7. The zero-order valence-electron chi connectivity index (χ0n) is 15.0. The molecule has 134 valence electrons. The molecule has 0 aromatic carbocycles. The van der Waals surface area contributed by atoms with Crippen LogP contribution in [0.25, 0.3) is 0 Å². The summed E-state index contributed by atoms with van der Waals surface area (Å²) >= 11 is 0. The first-order valence-electron chi connectivity index (χ1n) is 8.61. The molecule has 0 aromatic rings. The van der Waals surface area contributed by atoms with Crippen LogP contribution in [0.5, 0.6) is 0 Å². The fraction of sp³-hybridized carbons (Fsp3) is 1.00. The Morgan fingerprint density at radius 1 is 0.870 bits per heavy atom. The molecule has 0 aliphatic carbocycles. The number of ether oxygens (including phenoxy) is 6. The molecule has 0 unspecified atom stereocenters. The normalized spacial score (nSPS) is 41.1. The summed E-state index contributed by atoms with van der Waals surface area (Å²) in [6.45, 7) is 13.2. The predicted octanol–water partition coefficient (Wildman–Crippen LogP) is 2.45. The molecule has 23 heavy (non-hydrogen) atoms. The third-order valence-electron chi connectivity index (χ3n) is 4.37. The van der Waals surface area contributed by atoms with E-state index in [1.807, 2.05) is 27.7 Å². The maximum absolute atomic E-state index is 6.08. The molecule has 0 radical (unpaired) electrons. The van der Waals surface area contributed by atoms with Gasteiger partial charge in [-0.05, 0) is 40.0 Å². The van der Waals surface area contributed by atoms with Gasteiger partial charge in [0.05, 0.1) is 6.61 Å². The molecule has 0 aromatic heterocycles. The van der Waals surface area contributed by atoms with Crippen LogP contribution in [0.15, 0.2) is 0 Å². The van der Waals surface area contributed by atoms with Crippen molar-refractivity contribution in [2.24, 2.45) is 5.92 Å². The monoisotopic (exact) mass is 330 g/mol. The van der Waals surface area contributed by atoms with E-state index in [-0.39, 0.29) is 24.4 Å². The highest BCUT2D eigenvalue weighted by Gasteiger charge is 2.60. The van der Waals surface area contributed by atoms with Gasteiger partial charge in [0.15, 0.2) is 17.9 Å². The molecule has 0 bridgehead atoms. The van der Waals surface area contributed by atoms with Crippen molar-refractivity contribution >= 4 is 0 Å². The van der Waals surface area contributed by atoms with Crippen molar-refractivity contribution in [1.82, 2.24) is 0 Å². The highest BCUT2D eigenvalue weighted by molar-refractivity contribution is 5.00. The minimum atomic E-state index is -0.677. The maximum Gasteiger partial charge on any atom is 0.190 e. The summed E-state index contributed by atoms with van der Waals surface area (Å²) in [5.74, 6) is -0.708. The van der Waals surface area contributed by atoms with Gasteiger partial charge in [0.2, 0.25) is 0 Å². The van der Waals surface area contributed by atoms with Gasteiger partial charge in [0, 0.05) is 6.61 Å². The van der Waals surface area contributed by atoms with Crippen LogP contribution >= 0.6 is 0 Å². The lowest BCUT2D eigenvalue weighted by Crippen LogP contribution is -2.56. The molecular formula is C17H30O6. The molecule has 0 saturated carbocycles. The van der Waals surface area contributed by atoms with Crippen molar-refractivity contribution in [2.45, 2.75) is 90.2 Å². The molecule has 0 spiro atoms. The van der Waals surface area contributed by atoms with Gasteiger partial charge in [-0.25, -0.2) is 0 Å². The van der Waals surface area contributed by atoms with E-state index in [9.17, 15) is 0 Å². The van der Waals surface area contributed by atoms with Gasteiger partial charge in [0.1, 0.15) is 24.4 Å². The molecule has 3 saturated heterocycles. The summed E-state index contributed by atoms with van der Waals surface area (Å²) in [5, 5.41) is 0. The van der Waals surface area contributed by atoms with Crippen LogP contribution in [-0.4, -0.2) is 55.5 Å². The Balaban J connectivity index is 1.66. The van der Waals surface area contributed by atoms with E-state index in [1.165, 1.54) is 0 Å². The molecule has 0 amide bonds. The zero-order valence-corrected chi connectivity index (χ0v) is 15.0. The summed E-state index contributed by atoms with van der Waals surface area (Å²) in [6.07, 6.45) is -0.312. The number of hydrogen-bond acceptors (Lipinski definition) is 6. The van der Waals surface area contributed by atoms with Crippen molar-refractivity contribution < 1.29 is 28.4 Å². The van der Waals surface area contributed by atoms with Crippen LogP contribution in [0, 0.1) is 5.92 Å². The van der Waals surface area contributed by atoms with Gasteiger partial charge in [0.25, 0.3) is 0 Å². The fourth-order valence-electron chi connectivity index (χ4n) is 3.35. The maximum atomic E-state index is 6.08. The van der Waals surface area contributed by atoms with E-state index in [4.69, 9.17) is 28.4 Å². The summed E-state index contributed by atoms with van der Waals surface area (Å²) in [5.41, 5.74) is 0. The van der Waals surface area contributed by atoms with Gasteiger partial charge in [-0.1, -0.05) is 13.8 Å². The molecule has 6 nitrogen and oxygen atoms in total. The Kier molecular flexibility index (Phi) is 4.77. The molecule has 3 rings (SSSR count). The number of hydrogen-bond donors (Lipinski definition) is 0. The SMILES string of the molecule is CC(C)CCOC[C@@H]1O[C@@H]2OC(C)(C)O[C@@H]2[C@@H]2OC(C)(C)O[C@@H]21. The minimum Gasteiger partial charge on any atom is -0.379 e.